The number of carbonyl (C=O) groups is 2. The zero-order valence-electron chi connectivity index (χ0n) is 10.1. The molecule has 1 rings (SSSR count). The number of rotatable bonds is 3. The lowest BCUT2D eigenvalue weighted by Gasteiger charge is -2.12. The number of esters is 1. The first-order valence-electron chi connectivity index (χ1n) is 5.22. The van der Waals surface area contributed by atoms with Crippen LogP contribution >= 0.6 is 0 Å². The van der Waals surface area contributed by atoms with E-state index >= 15 is 0 Å². The highest BCUT2D eigenvalue weighted by atomic mass is 16.5. The maximum atomic E-state index is 11.5. The Morgan fingerprint density at radius 2 is 1.94 bits per heavy atom. The number of nitrogens with zero attached hydrogens (tertiary/aromatic N) is 1. The zero-order valence-corrected chi connectivity index (χ0v) is 10.1. The molecule has 0 saturated carbocycles. The largest absolute Gasteiger partial charge is 0.467 e. The Labute approximate surface area is 105 Å². The van der Waals surface area contributed by atoms with Crippen LogP contribution in [0.5, 0.6) is 0 Å². The summed E-state index contributed by atoms with van der Waals surface area (Å²) in [6, 6.07) is 7.09. The van der Waals surface area contributed by atoms with Crippen LogP contribution in [0.2, 0.25) is 0 Å². The maximum absolute atomic E-state index is 11.5. The van der Waals surface area contributed by atoms with Gasteiger partial charge in [0.05, 0.1) is 18.7 Å². The van der Waals surface area contributed by atoms with Gasteiger partial charge in [-0.1, -0.05) is 0 Å². The Hall–Kier alpha value is -2.55. The molecule has 2 N–H and O–H groups in total. The van der Waals surface area contributed by atoms with Crippen LogP contribution in [0.1, 0.15) is 12.5 Å². The summed E-state index contributed by atoms with van der Waals surface area (Å²) in [5, 5.41) is 13.6. The average molecular weight is 247 g/mol. The van der Waals surface area contributed by atoms with E-state index in [1.54, 1.807) is 24.3 Å². The van der Waals surface area contributed by atoms with E-state index in [4.69, 9.17) is 5.26 Å². The number of carbonyl (C=O) groups excluding carboxylic acids is 2. The van der Waals surface area contributed by atoms with Gasteiger partial charge in [-0.3, -0.25) is 0 Å². The molecule has 0 aliphatic rings. The van der Waals surface area contributed by atoms with Crippen LogP contribution in [0.3, 0.4) is 0 Å². The minimum absolute atomic E-state index is 0.504. The number of benzene rings is 1. The normalized spacial score (nSPS) is 10.9. The first-order valence-corrected chi connectivity index (χ1v) is 5.22. The third-order valence-electron chi connectivity index (χ3n) is 2.17. The molecule has 0 radical (unpaired) electrons. The molecule has 0 aliphatic carbocycles. The average Bonchev–Trinajstić information content (AvgIpc) is 2.38. The van der Waals surface area contributed by atoms with Crippen LogP contribution in [-0.2, 0) is 9.53 Å². The van der Waals surface area contributed by atoms with Crippen molar-refractivity contribution in [2.24, 2.45) is 0 Å². The molecule has 0 fully saturated rings. The van der Waals surface area contributed by atoms with Crippen molar-refractivity contribution in [2.45, 2.75) is 13.0 Å². The third kappa shape index (κ3) is 3.79. The van der Waals surface area contributed by atoms with Gasteiger partial charge >= 0.3 is 12.0 Å². The topological polar surface area (TPSA) is 91.2 Å². The fourth-order valence-corrected chi connectivity index (χ4v) is 1.23. The minimum atomic E-state index is -0.728. The zero-order chi connectivity index (χ0) is 13.5. The van der Waals surface area contributed by atoms with E-state index < -0.39 is 18.0 Å². The molecule has 6 heteroatoms. The summed E-state index contributed by atoms with van der Waals surface area (Å²) in [5.41, 5.74) is 1.03. The number of urea groups is 1. The summed E-state index contributed by atoms with van der Waals surface area (Å²) >= 11 is 0. The van der Waals surface area contributed by atoms with Crippen molar-refractivity contribution in [2.75, 3.05) is 12.4 Å². The summed E-state index contributed by atoms with van der Waals surface area (Å²) in [5.74, 6) is -0.523. The van der Waals surface area contributed by atoms with Crippen LogP contribution in [0, 0.1) is 11.3 Å². The molecular weight excluding hydrogens is 234 g/mol. The summed E-state index contributed by atoms with van der Waals surface area (Å²) in [6.07, 6.45) is 0. The molecule has 2 amide bonds. The highest BCUT2D eigenvalue weighted by molar-refractivity contribution is 5.92. The minimum Gasteiger partial charge on any atom is -0.467 e. The molecule has 0 bridgehead atoms. The van der Waals surface area contributed by atoms with Crippen LogP contribution in [-0.4, -0.2) is 25.2 Å². The predicted molar refractivity (Wildman–Crippen MR) is 64.8 cm³/mol. The summed E-state index contributed by atoms with van der Waals surface area (Å²) in [6.45, 7) is 1.52. The van der Waals surface area contributed by atoms with Crippen LogP contribution in [0.4, 0.5) is 10.5 Å². The highest BCUT2D eigenvalue weighted by Crippen LogP contribution is 2.08. The van der Waals surface area contributed by atoms with Gasteiger partial charge in [0.15, 0.2) is 0 Å². The molecule has 6 nitrogen and oxygen atoms in total. The molecule has 0 unspecified atom stereocenters. The fourth-order valence-electron chi connectivity index (χ4n) is 1.23. The van der Waals surface area contributed by atoms with Gasteiger partial charge in [-0.05, 0) is 31.2 Å². The Morgan fingerprint density at radius 1 is 1.33 bits per heavy atom. The lowest BCUT2D eigenvalue weighted by atomic mass is 10.2. The van der Waals surface area contributed by atoms with Gasteiger partial charge in [0, 0.05) is 5.69 Å². The number of hydrogen-bond donors (Lipinski definition) is 2. The second-order valence-corrected chi connectivity index (χ2v) is 3.53. The molecule has 1 aromatic carbocycles. The molecule has 0 aliphatic heterocycles. The number of methoxy groups -OCH3 is 1. The number of nitrogens with one attached hydrogen (secondary N) is 2. The van der Waals surface area contributed by atoms with Crippen molar-refractivity contribution < 1.29 is 14.3 Å². The number of hydrogen-bond acceptors (Lipinski definition) is 4. The number of ether oxygens (including phenoxy) is 1. The summed E-state index contributed by atoms with van der Waals surface area (Å²) < 4.78 is 4.48. The highest BCUT2D eigenvalue weighted by Gasteiger charge is 2.15. The second kappa shape index (κ2) is 6.25. The van der Waals surface area contributed by atoms with Gasteiger partial charge in [0.1, 0.15) is 6.04 Å². The van der Waals surface area contributed by atoms with Gasteiger partial charge in [0.2, 0.25) is 0 Å². The monoisotopic (exact) mass is 247 g/mol. The molecule has 0 saturated heterocycles. The smallest absolute Gasteiger partial charge is 0.328 e. The number of anilines is 1. The van der Waals surface area contributed by atoms with Crippen molar-refractivity contribution in [1.82, 2.24) is 5.32 Å². The Balaban J connectivity index is 2.54. The van der Waals surface area contributed by atoms with Crippen molar-refractivity contribution in [3.05, 3.63) is 29.8 Å². The first-order chi connectivity index (χ1) is 8.56. The van der Waals surface area contributed by atoms with Crippen LogP contribution in [0.25, 0.3) is 0 Å². The molecule has 18 heavy (non-hydrogen) atoms. The molecule has 94 valence electrons. The van der Waals surface area contributed by atoms with Gasteiger partial charge in [-0.15, -0.1) is 0 Å². The van der Waals surface area contributed by atoms with E-state index in [1.165, 1.54) is 14.0 Å². The van der Waals surface area contributed by atoms with E-state index in [2.05, 4.69) is 15.4 Å². The van der Waals surface area contributed by atoms with Crippen molar-refractivity contribution in [3.8, 4) is 6.07 Å². The SMILES string of the molecule is COC(=O)[C@@H](C)NC(=O)Nc1ccc(C#N)cc1. The van der Waals surface area contributed by atoms with E-state index in [1.807, 2.05) is 6.07 Å². The maximum Gasteiger partial charge on any atom is 0.328 e. The van der Waals surface area contributed by atoms with E-state index in [0.29, 0.717) is 11.3 Å². The lowest BCUT2D eigenvalue weighted by molar-refractivity contribution is -0.142. The Morgan fingerprint density at radius 3 is 2.44 bits per heavy atom. The Kier molecular flexibility index (Phi) is 4.69. The van der Waals surface area contributed by atoms with Crippen molar-refractivity contribution in [3.63, 3.8) is 0 Å². The summed E-state index contributed by atoms with van der Waals surface area (Å²) in [4.78, 5) is 22.6. The molecule has 1 atom stereocenters. The van der Waals surface area contributed by atoms with Gasteiger partial charge in [-0.25, -0.2) is 9.59 Å². The quantitative estimate of drug-likeness (QED) is 0.786. The van der Waals surface area contributed by atoms with Crippen LogP contribution < -0.4 is 10.6 Å². The molecule has 0 spiro atoms. The lowest BCUT2D eigenvalue weighted by Crippen LogP contribution is -2.41. The standard InChI is InChI=1S/C12H13N3O3/c1-8(11(16)18-2)14-12(17)15-10-5-3-9(7-13)4-6-10/h3-6,8H,1-2H3,(H2,14,15,17)/t8-/m1/s1. The number of amides is 2. The molecule has 0 aromatic heterocycles. The molecule has 1 aromatic rings. The third-order valence-corrected chi connectivity index (χ3v) is 2.17. The second-order valence-electron chi connectivity index (χ2n) is 3.53. The fraction of sp³-hybridized carbons (Fsp3) is 0.250. The van der Waals surface area contributed by atoms with Crippen molar-refractivity contribution >= 4 is 17.7 Å². The van der Waals surface area contributed by atoms with E-state index in [-0.39, 0.29) is 0 Å². The van der Waals surface area contributed by atoms with E-state index in [0.717, 1.165) is 0 Å². The summed E-state index contributed by atoms with van der Waals surface area (Å²) in [7, 11) is 1.25. The molecular formula is C12H13N3O3. The Bertz CT molecular complexity index is 476. The molecule has 0 heterocycles. The van der Waals surface area contributed by atoms with E-state index in [9.17, 15) is 9.59 Å². The first kappa shape index (κ1) is 13.5. The van der Waals surface area contributed by atoms with Gasteiger partial charge < -0.3 is 15.4 Å². The van der Waals surface area contributed by atoms with Gasteiger partial charge in [-0.2, -0.15) is 5.26 Å². The number of nitriles is 1. The predicted octanol–water partition coefficient (Wildman–Crippen LogP) is 1.24. The van der Waals surface area contributed by atoms with Crippen LogP contribution in [0.15, 0.2) is 24.3 Å². The van der Waals surface area contributed by atoms with Crippen molar-refractivity contribution in [1.29, 1.82) is 5.26 Å². The van der Waals surface area contributed by atoms with Gasteiger partial charge in [0.25, 0.3) is 0 Å².